The van der Waals surface area contributed by atoms with Crippen LogP contribution in [0.2, 0.25) is 0 Å². The second-order valence-electron chi connectivity index (χ2n) is 5.00. The van der Waals surface area contributed by atoms with Gasteiger partial charge in [0.1, 0.15) is 11.4 Å². The van der Waals surface area contributed by atoms with Crippen LogP contribution in [0.25, 0.3) is 0 Å². The zero-order valence-corrected chi connectivity index (χ0v) is 12.8. The van der Waals surface area contributed by atoms with Crippen LogP contribution in [-0.4, -0.2) is 53.0 Å². The molecule has 0 aliphatic carbocycles. The summed E-state index contributed by atoms with van der Waals surface area (Å²) in [5.74, 6) is 0.611. The average Bonchev–Trinajstić information content (AvgIpc) is 2.94. The lowest BCUT2D eigenvalue weighted by Gasteiger charge is -2.37. The number of nitrogens with zero attached hydrogens (tertiary/aromatic N) is 4. The predicted octanol–water partition coefficient (Wildman–Crippen LogP) is 0.0246. The van der Waals surface area contributed by atoms with Crippen molar-refractivity contribution in [3.63, 3.8) is 0 Å². The van der Waals surface area contributed by atoms with Crippen molar-refractivity contribution in [2.45, 2.75) is 17.5 Å². The van der Waals surface area contributed by atoms with E-state index in [0.29, 0.717) is 24.5 Å². The standard InChI is InChI=1S/C13H16N4O4S/c1-21-12-2-4-13(5-3-12)22(19,20)16-7-11(8-16)17-6-10(9-18)14-15-17/h2-6,11,18H,7-9H2,1H3. The normalized spacial score (nSPS) is 16.5. The molecular weight excluding hydrogens is 308 g/mol. The van der Waals surface area contributed by atoms with E-state index in [9.17, 15) is 8.42 Å². The van der Waals surface area contributed by atoms with Crippen molar-refractivity contribution in [2.75, 3.05) is 20.2 Å². The van der Waals surface area contributed by atoms with Gasteiger partial charge < -0.3 is 9.84 Å². The van der Waals surface area contributed by atoms with Crippen LogP contribution >= 0.6 is 0 Å². The first-order valence-electron chi connectivity index (χ1n) is 6.70. The van der Waals surface area contributed by atoms with Gasteiger partial charge in [-0.05, 0) is 24.3 Å². The fraction of sp³-hybridized carbons (Fsp3) is 0.385. The third-order valence-corrected chi connectivity index (χ3v) is 5.47. The second-order valence-corrected chi connectivity index (χ2v) is 6.94. The Balaban J connectivity index is 1.70. The van der Waals surface area contributed by atoms with E-state index in [2.05, 4.69) is 10.3 Å². The molecule has 1 aromatic heterocycles. The van der Waals surface area contributed by atoms with Gasteiger partial charge >= 0.3 is 0 Å². The third-order valence-electron chi connectivity index (χ3n) is 3.62. The van der Waals surface area contributed by atoms with Crippen molar-refractivity contribution in [3.05, 3.63) is 36.2 Å². The van der Waals surface area contributed by atoms with Gasteiger partial charge in [0.15, 0.2) is 0 Å². The number of ether oxygens (including phenoxy) is 1. The number of aliphatic hydroxyl groups excluding tert-OH is 1. The summed E-state index contributed by atoms with van der Waals surface area (Å²) in [4.78, 5) is 0.237. The molecule has 0 saturated carbocycles. The van der Waals surface area contributed by atoms with Gasteiger partial charge in [0.05, 0.1) is 30.9 Å². The Kier molecular flexibility index (Phi) is 3.85. The fourth-order valence-corrected chi connectivity index (χ4v) is 3.76. The SMILES string of the molecule is COc1ccc(S(=O)(=O)N2CC(n3cc(CO)nn3)C2)cc1. The molecule has 1 aliphatic heterocycles. The maximum absolute atomic E-state index is 12.5. The van der Waals surface area contributed by atoms with Gasteiger partial charge in [0.25, 0.3) is 0 Å². The molecule has 1 fully saturated rings. The lowest BCUT2D eigenvalue weighted by atomic mass is 10.2. The Hall–Kier alpha value is -1.97. The first-order valence-corrected chi connectivity index (χ1v) is 8.14. The molecule has 0 bridgehead atoms. The monoisotopic (exact) mass is 324 g/mol. The number of benzene rings is 1. The van der Waals surface area contributed by atoms with Gasteiger partial charge in [0.2, 0.25) is 10.0 Å². The number of sulfonamides is 1. The van der Waals surface area contributed by atoms with E-state index in [1.807, 2.05) is 0 Å². The number of hydrogen-bond acceptors (Lipinski definition) is 6. The zero-order valence-electron chi connectivity index (χ0n) is 12.0. The van der Waals surface area contributed by atoms with Crippen molar-refractivity contribution in [2.24, 2.45) is 0 Å². The van der Waals surface area contributed by atoms with Crippen LogP contribution < -0.4 is 4.74 Å². The van der Waals surface area contributed by atoms with Gasteiger partial charge in [-0.1, -0.05) is 5.21 Å². The second kappa shape index (κ2) is 5.67. The molecule has 0 spiro atoms. The van der Waals surface area contributed by atoms with Crippen molar-refractivity contribution in [3.8, 4) is 5.75 Å². The highest BCUT2D eigenvalue weighted by Crippen LogP contribution is 2.28. The quantitative estimate of drug-likeness (QED) is 0.833. The van der Waals surface area contributed by atoms with E-state index < -0.39 is 10.0 Å². The molecule has 0 radical (unpaired) electrons. The van der Waals surface area contributed by atoms with Crippen LogP contribution in [0.15, 0.2) is 35.4 Å². The summed E-state index contributed by atoms with van der Waals surface area (Å²) in [6.07, 6.45) is 1.63. The maximum atomic E-state index is 12.5. The predicted molar refractivity (Wildman–Crippen MR) is 76.7 cm³/mol. The van der Waals surface area contributed by atoms with E-state index in [-0.39, 0.29) is 17.5 Å². The maximum Gasteiger partial charge on any atom is 0.243 e. The molecule has 3 rings (SSSR count). The fourth-order valence-electron chi connectivity index (χ4n) is 2.24. The largest absolute Gasteiger partial charge is 0.497 e. The Morgan fingerprint density at radius 1 is 1.32 bits per heavy atom. The summed E-state index contributed by atoms with van der Waals surface area (Å²) >= 11 is 0. The van der Waals surface area contributed by atoms with Crippen molar-refractivity contribution in [1.82, 2.24) is 19.3 Å². The van der Waals surface area contributed by atoms with Gasteiger partial charge in [-0.2, -0.15) is 4.31 Å². The number of aliphatic hydroxyl groups is 1. The molecule has 22 heavy (non-hydrogen) atoms. The van der Waals surface area contributed by atoms with E-state index in [1.54, 1.807) is 23.0 Å². The molecule has 0 amide bonds. The highest BCUT2D eigenvalue weighted by atomic mass is 32.2. The van der Waals surface area contributed by atoms with Crippen molar-refractivity contribution in [1.29, 1.82) is 0 Å². The summed E-state index contributed by atoms with van der Waals surface area (Å²) in [6, 6.07) is 6.24. The Morgan fingerprint density at radius 2 is 2.00 bits per heavy atom. The number of hydrogen-bond donors (Lipinski definition) is 1. The Morgan fingerprint density at radius 3 is 2.55 bits per heavy atom. The van der Waals surface area contributed by atoms with Gasteiger partial charge in [-0.3, -0.25) is 0 Å². The average molecular weight is 324 g/mol. The highest BCUT2D eigenvalue weighted by molar-refractivity contribution is 7.89. The Bertz CT molecular complexity index is 751. The number of methoxy groups -OCH3 is 1. The smallest absolute Gasteiger partial charge is 0.243 e. The first-order chi connectivity index (χ1) is 10.5. The Labute approximate surface area is 128 Å². The van der Waals surface area contributed by atoms with E-state index in [0.717, 1.165) is 0 Å². The van der Waals surface area contributed by atoms with Crippen LogP contribution in [0.1, 0.15) is 11.7 Å². The highest BCUT2D eigenvalue weighted by Gasteiger charge is 2.38. The van der Waals surface area contributed by atoms with Crippen molar-refractivity contribution >= 4 is 10.0 Å². The van der Waals surface area contributed by atoms with Gasteiger partial charge in [-0.25, -0.2) is 13.1 Å². The first kappa shape index (κ1) is 14.9. The minimum atomic E-state index is -3.50. The molecule has 0 atom stereocenters. The minimum Gasteiger partial charge on any atom is -0.497 e. The lowest BCUT2D eigenvalue weighted by molar-refractivity contribution is 0.188. The third kappa shape index (κ3) is 2.58. The van der Waals surface area contributed by atoms with Crippen LogP contribution in [0, 0.1) is 0 Å². The van der Waals surface area contributed by atoms with Crippen LogP contribution in [0.5, 0.6) is 5.75 Å². The molecule has 8 nitrogen and oxygen atoms in total. The summed E-state index contributed by atoms with van der Waals surface area (Å²) < 4.78 is 32.9. The molecule has 118 valence electrons. The van der Waals surface area contributed by atoms with E-state index in [4.69, 9.17) is 9.84 Å². The van der Waals surface area contributed by atoms with Crippen LogP contribution in [-0.2, 0) is 16.6 Å². The molecular formula is C13H16N4O4S. The minimum absolute atomic E-state index is 0.0548. The molecule has 1 aliphatic rings. The molecule has 9 heteroatoms. The molecule has 2 aromatic rings. The molecule has 1 N–H and O–H groups in total. The molecule has 0 unspecified atom stereocenters. The zero-order chi connectivity index (χ0) is 15.7. The van der Waals surface area contributed by atoms with Gasteiger partial charge in [-0.15, -0.1) is 5.10 Å². The molecule has 2 heterocycles. The summed E-state index contributed by atoms with van der Waals surface area (Å²) in [5.41, 5.74) is 0.469. The van der Waals surface area contributed by atoms with E-state index >= 15 is 0 Å². The summed E-state index contributed by atoms with van der Waals surface area (Å²) in [6.45, 7) is 0.492. The van der Waals surface area contributed by atoms with Crippen LogP contribution in [0.3, 0.4) is 0 Å². The molecule has 1 aromatic carbocycles. The summed E-state index contributed by atoms with van der Waals surface area (Å²) in [7, 11) is -1.97. The van der Waals surface area contributed by atoms with Crippen LogP contribution in [0.4, 0.5) is 0 Å². The van der Waals surface area contributed by atoms with E-state index in [1.165, 1.54) is 23.5 Å². The van der Waals surface area contributed by atoms with Crippen molar-refractivity contribution < 1.29 is 18.3 Å². The lowest BCUT2D eigenvalue weighted by Crippen LogP contribution is -2.50. The van der Waals surface area contributed by atoms with Gasteiger partial charge in [0, 0.05) is 13.1 Å². The molecule has 1 saturated heterocycles. The summed E-state index contributed by atoms with van der Waals surface area (Å²) in [5, 5.41) is 16.6. The number of rotatable bonds is 5. The topological polar surface area (TPSA) is 97.6 Å². The number of aromatic nitrogens is 3.